The van der Waals surface area contributed by atoms with E-state index in [1.54, 1.807) is 7.11 Å². The van der Waals surface area contributed by atoms with Gasteiger partial charge in [-0.1, -0.05) is 25.1 Å². The van der Waals surface area contributed by atoms with Gasteiger partial charge in [-0.2, -0.15) is 0 Å². The van der Waals surface area contributed by atoms with Crippen molar-refractivity contribution in [3.05, 3.63) is 36.0 Å². The number of ether oxygens (including phenoxy) is 1. The van der Waals surface area contributed by atoms with E-state index in [1.807, 2.05) is 6.07 Å². The summed E-state index contributed by atoms with van der Waals surface area (Å²) in [6.45, 7) is 8.31. The second-order valence-corrected chi connectivity index (χ2v) is 6.64. The Morgan fingerprint density at radius 2 is 2.00 bits per heavy atom. The van der Waals surface area contributed by atoms with Crippen LogP contribution in [-0.2, 0) is 11.3 Å². The van der Waals surface area contributed by atoms with Gasteiger partial charge in [0.05, 0.1) is 23.2 Å². The van der Waals surface area contributed by atoms with Crippen LogP contribution in [0.5, 0.6) is 0 Å². The van der Waals surface area contributed by atoms with Crippen LogP contribution in [-0.4, -0.2) is 35.3 Å². The van der Waals surface area contributed by atoms with Crippen molar-refractivity contribution >= 4 is 27.8 Å². The molecule has 5 nitrogen and oxygen atoms in total. The van der Waals surface area contributed by atoms with Crippen molar-refractivity contribution in [2.24, 2.45) is 0 Å². The second-order valence-electron chi connectivity index (χ2n) is 6.64. The van der Waals surface area contributed by atoms with E-state index in [2.05, 4.69) is 59.5 Å². The molecule has 0 atom stereocenters. The Bertz CT molecular complexity index is 889. The number of amides is 1. The molecule has 0 aliphatic rings. The number of carbonyl (C=O) groups excluding carboxylic acids is 1. The lowest BCUT2D eigenvalue weighted by Gasteiger charge is -2.11. The fraction of sp³-hybridized carbons (Fsp3) is 0.450. The lowest BCUT2D eigenvalue weighted by molar-refractivity contribution is 0.0942. The summed E-state index contributed by atoms with van der Waals surface area (Å²) in [6, 6.07) is 10.7. The van der Waals surface area contributed by atoms with Gasteiger partial charge in [0.1, 0.15) is 5.69 Å². The standard InChI is InChI=1S/C20H27N3O2/c1-5-10-21-20(24)18-13-17-19(22(18)11-12-25-4)15-8-6-7-9-16(15)23(17)14(2)3/h6-9,13-14H,5,10-12H2,1-4H3,(H,21,24). The number of fused-ring (bicyclic) bond motifs is 3. The molecule has 0 saturated heterocycles. The van der Waals surface area contributed by atoms with E-state index < -0.39 is 0 Å². The van der Waals surface area contributed by atoms with Crippen LogP contribution >= 0.6 is 0 Å². The molecule has 3 aromatic rings. The summed E-state index contributed by atoms with van der Waals surface area (Å²) in [6.07, 6.45) is 0.922. The third-order valence-electron chi connectivity index (χ3n) is 4.56. The summed E-state index contributed by atoms with van der Waals surface area (Å²) in [5.41, 5.74) is 4.13. The Labute approximate surface area is 148 Å². The third-order valence-corrected chi connectivity index (χ3v) is 4.56. The average molecular weight is 341 g/mol. The van der Waals surface area contributed by atoms with E-state index in [1.165, 1.54) is 10.9 Å². The fourth-order valence-electron chi connectivity index (χ4n) is 3.50. The van der Waals surface area contributed by atoms with Gasteiger partial charge >= 0.3 is 0 Å². The molecule has 0 aliphatic carbocycles. The zero-order valence-corrected chi connectivity index (χ0v) is 15.5. The molecule has 0 unspecified atom stereocenters. The molecule has 2 heterocycles. The molecule has 0 fully saturated rings. The van der Waals surface area contributed by atoms with Gasteiger partial charge in [-0.3, -0.25) is 4.79 Å². The first-order chi connectivity index (χ1) is 12.1. The number of hydrogen-bond acceptors (Lipinski definition) is 2. The van der Waals surface area contributed by atoms with Gasteiger partial charge in [-0.15, -0.1) is 0 Å². The number of nitrogens with zero attached hydrogens (tertiary/aromatic N) is 2. The minimum Gasteiger partial charge on any atom is -0.383 e. The Kier molecular flexibility index (Phi) is 5.13. The summed E-state index contributed by atoms with van der Waals surface area (Å²) >= 11 is 0. The molecular formula is C20H27N3O2. The van der Waals surface area contributed by atoms with Crippen molar-refractivity contribution in [1.82, 2.24) is 14.5 Å². The monoisotopic (exact) mass is 341 g/mol. The molecule has 134 valence electrons. The Morgan fingerprint density at radius 3 is 2.68 bits per heavy atom. The van der Waals surface area contributed by atoms with E-state index >= 15 is 0 Å². The van der Waals surface area contributed by atoms with E-state index in [-0.39, 0.29) is 5.91 Å². The predicted molar refractivity (Wildman–Crippen MR) is 102 cm³/mol. The number of nitrogens with one attached hydrogen (secondary N) is 1. The summed E-state index contributed by atoms with van der Waals surface area (Å²) in [5, 5.41) is 4.18. The van der Waals surface area contributed by atoms with Gasteiger partial charge in [0.15, 0.2) is 0 Å². The Balaban J connectivity index is 2.27. The van der Waals surface area contributed by atoms with Gasteiger partial charge in [-0.25, -0.2) is 0 Å². The van der Waals surface area contributed by atoms with Crippen LogP contribution in [0, 0.1) is 0 Å². The first-order valence-corrected chi connectivity index (χ1v) is 8.99. The highest BCUT2D eigenvalue weighted by Gasteiger charge is 2.22. The van der Waals surface area contributed by atoms with Crippen molar-refractivity contribution in [2.45, 2.75) is 39.8 Å². The molecular weight excluding hydrogens is 314 g/mol. The maximum atomic E-state index is 12.7. The highest BCUT2D eigenvalue weighted by atomic mass is 16.5. The van der Waals surface area contributed by atoms with E-state index in [9.17, 15) is 4.79 Å². The Morgan fingerprint density at radius 1 is 1.24 bits per heavy atom. The number of rotatable bonds is 7. The molecule has 0 bridgehead atoms. The van der Waals surface area contributed by atoms with Crippen LogP contribution in [0.1, 0.15) is 43.7 Å². The summed E-state index contributed by atoms with van der Waals surface area (Å²) in [7, 11) is 1.69. The smallest absolute Gasteiger partial charge is 0.268 e. The fourth-order valence-corrected chi connectivity index (χ4v) is 3.50. The minimum absolute atomic E-state index is 0.0199. The van der Waals surface area contributed by atoms with E-state index in [4.69, 9.17) is 4.74 Å². The Hall–Kier alpha value is -2.27. The maximum Gasteiger partial charge on any atom is 0.268 e. The summed E-state index contributed by atoms with van der Waals surface area (Å²) in [5.74, 6) is -0.0199. The summed E-state index contributed by atoms with van der Waals surface area (Å²) < 4.78 is 9.70. The number of hydrogen-bond donors (Lipinski definition) is 1. The highest BCUT2D eigenvalue weighted by Crippen LogP contribution is 2.34. The summed E-state index contributed by atoms with van der Waals surface area (Å²) in [4.78, 5) is 12.7. The van der Waals surface area contributed by atoms with Crippen LogP contribution in [0.2, 0.25) is 0 Å². The number of carbonyl (C=O) groups is 1. The van der Waals surface area contributed by atoms with Crippen LogP contribution in [0.25, 0.3) is 21.9 Å². The molecule has 0 radical (unpaired) electrons. The van der Waals surface area contributed by atoms with Crippen LogP contribution in [0.4, 0.5) is 0 Å². The number of methoxy groups -OCH3 is 1. The molecule has 25 heavy (non-hydrogen) atoms. The zero-order chi connectivity index (χ0) is 18.0. The highest BCUT2D eigenvalue weighted by molar-refractivity contribution is 6.10. The van der Waals surface area contributed by atoms with E-state index in [0.717, 1.165) is 17.5 Å². The SMILES string of the molecule is CCCNC(=O)c1cc2c(c3ccccc3n2C(C)C)n1CCOC. The zero-order valence-electron chi connectivity index (χ0n) is 15.5. The van der Waals surface area contributed by atoms with Crippen molar-refractivity contribution in [2.75, 3.05) is 20.3 Å². The normalized spacial score (nSPS) is 11.7. The van der Waals surface area contributed by atoms with Crippen molar-refractivity contribution < 1.29 is 9.53 Å². The van der Waals surface area contributed by atoms with Gasteiger partial charge in [0.2, 0.25) is 0 Å². The molecule has 1 N–H and O–H groups in total. The molecule has 3 rings (SSSR count). The van der Waals surface area contributed by atoms with Crippen molar-refractivity contribution in [1.29, 1.82) is 0 Å². The predicted octanol–water partition coefficient (Wildman–Crippen LogP) is 3.96. The minimum atomic E-state index is -0.0199. The topological polar surface area (TPSA) is 48.2 Å². The first-order valence-electron chi connectivity index (χ1n) is 8.99. The number of benzene rings is 1. The van der Waals surface area contributed by atoms with Crippen LogP contribution in [0.15, 0.2) is 30.3 Å². The largest absolute Gasteiger partial charge is 0.383 e. The van der Waals surface area contributed by atoms with Crippen LogP contribution < -0.4 is 5.32 Å². The first kappa shape index (κ1) is 17.5. The van der Waals surface area contributed by atoms with Crippen molar-refractivity contribution in [3.63, 3.8) is 0 Å². The average Bonchev–Trinajstić information content (AvgIpc) is 3.12. The molecule has 0 saturated carbocycles. The quantitative estimate of drug-likeness (QED) is 0.707. The van der Waals surface area contributed by atoms with Gasteiger partial charge in [0.25, 0.3) is 5.91 Å². The third kappa shape index (κ3) is 3.04. The van der Waals surface area contributed by atoms with Gasteiger partial charge < -0.3 is 19.2 Å². The molecule has 1 aromatic carbocycles. The van der Waals surface area contributed by atoms with Crippen LogP contribution in [0.3, 0.4) is 0 Å². The van der Waals surface area contributed by atoms with Gasteiger partial charge in [-0.05, 0) is 32.4 Å². The molecule has 0 aliphatic heterocycles. The van der Waals surface area contributed by atoms with Gasteiger partial charge in [0, 0.05) is 31.6 Å². The molecule has 5 heteroatoms. The maximum absolute atomic E-state index is 12.7. The number of aromatic nitrogens is 2. The second kappa shape index (κ2) is 7.31. The molecule has 0 spiro atoms. The molecule has 1 amide bonds. The number of para-hydroxylation sites is 1. The van der Waals surface area contributed by atoms with Crippen molar-refractivity contribution in [3.8, 4) is 0 Å². The van der Waals surface area contributed by atoms with E-state index in [0.29, 0.717) is 31.4 Å². The molecule has 2 aromatic heterocycles. The lowest BCUT2D eigenvalue weighted by Crippen LogP contribution is -2.27. The lowest BCUT2D eigenvalue weighted by atomic mass is 10.2.